The van der Waals surface area contributed by atoms with Gasteiger partial charge in [0.15, 0.2) is 0 Å². The maximum Gasteiger partial charge on any atom is 2.00 e. The van der Waals surface area contributed by atoms with Gasteiger partial charge in [-0.05, 0) is 39.5 Å². The van der Waals surface area contributed by atoms with Crippen LogP contribution >= 0.6 is 0 Å². The van der Waals surface area contributed by atoms with E-state index in [1.54, 1.807) is 5.57 Å². The second-order valence-corrected chi connectivity index (χ2v) is 3.11. The first kappa shape index (κ1) is 11.2. The standard InChI is InChI=1S/C10H16.Pt/c1-9-7-5-3-4-6-8-10(9)2;/h5,7H,3-4,6,8H2,1-2H3;/q;+2. The molecule has 0 amide bonds. The van der Waals surface area contributed by atoms with Gasteiger partial charge in [-0.15, -0.1) is 0 Å². The molecule has 0 radical (unpaired) electrons. The Hall–Kier alpha value is 0.168. The van der Waals surface area contributed by atoms with Crippen LogP contribution in [0.25, 0.3) is 0 Å². The van der Waals surface area contributed by atoms with Gasteiger partial charge in [-0.3, -0.25) is 0 Å². The predicted molar refractivity (Wildman–Crippen MR) is 46.0 cm³/mol. The van der Waals surface area contributed by atoms with Gasteiger partial charge >= 0.3 is 21.1 Å². The third-order valence-electron chi connectivity index (χ3n) is 2.21. The molecule has 1 heteroatoms. The zero-order chi connectivity index (χ0) is 7.40. The molecule has 64 valence electrons. The van der Waals surface area contributed by atoms with Gasteiger partial charge in [-0.25, -0.2) is 0 Å². The fourth-order valence-electron chi connectivity index (χ4n) is 1.25. The molecule has 0 aromatic carbocycles. The van der Waals surface area contributed by atoms with Crippen molar-refractivity contribution in [2.24, 2.45) is 0 Å². The molecule has 0 nitrogen and oxygen atoms in total. The molecule has 0 spiro atoms. The maximum absolute atomic E-state index is 2.29. The van der Waals surface area contributed by atoms with Gasteiger partial charge in [-0.1, -0.05) is 23.3 Å². The SMILES string of the molecule is CC1=C(C)CCCCC=C1.[Pt+2]. The Bertz CT molecular complexity index is 166. The molecule has 1 aliphatic carbocycles. The molecule has 11 heavy (non-hydrogen) atoms. The van der Waals surface area contributed by atoms with Crippen LogP contribution in [0.15, 0.2) is 23.3 Å². The number of rotatable bonds is 0. The number of hydrogen-bond acceptors (Lipinski definition) is 0. The molecule has 0 heterocycles. The molecule has 0 aliphatic heterocycles. The van der Waals surface area contributed by atoms with Crippen LogP contribution in [0.2, 0.25) is 0 Å². The van der Waals surface area contributed by atoms with E-state index in [4.69, 9.17) is 0 Å². The smallest absolute Gasteiger partial charge is 0.0843 e. The van der Waals surface area contributed by atoms with E-state index in [-0.39, 0.29) is 21.1 Å². The number of hydrogen-bond donors (Lipinski definition) is 0. The second kappa shape index (κ2) is 5.77. The van der Waals surface area contributed by atoms with Crippen molar-refractivity contribution in [2.45, 2.75) is 39.5 Å². The van der Waals surface area contributed by atoms with Crippen molar-refractivity contribution < 1.29 is 21.1 Å². The molecular formula is C10H16Pt+2. The summed E-state index contributed by atoms with van der Waals surface area (Å²) >= 11 is 0. The van der Waals surface area contributed by atoms with E-state index in [0.29, 0.717) is 0 Å². The van der Waals surface area contributed by atoms with Gasteiger partial charge in [0.2, 0.25) is 0 Å². The van der Waals surface area contributed by atoms with Gasteiger partial charge in [0.1, 0.15) is 0 Å². The fraction of sp³-hybridized carbons (Fsp3) is 0.600. The topological polar surface area (TPSA) is 0 Å². The first-order valence-corrected chi connectivity index (χ1v) is 4.13. The van der Waals surface area contributed by atoms with E-state index in [2.05, 4.69) is 26.0 Å². The van der Waals surface area contributed by atoms with E-state index in [1.165, 1.54) is 31.3 Å². The van der Waals surface area contributed by atoms with Crippen LogP contribution in [0.3, 0.4) is 0 Å². The Morgan fingerprint density at radius 2 is 1.91 bits per heavy atom. The predicted octanol–water partition coefficient (Wildman–Crippen LogP) is 3.45. The normalized spacial score (nSPS) is 18.7. The van der Waals surface area contributed by atoms with Crippen LogP contribution in [0.1, 0.15) is 39.5 Å². The summed E-state index contributed by atoms with van der Waals surface area (Å²) in [6.45, 7) is 4.45. The monoisotopic (exact) mass is 331 g/mol. The van der Waals surface area contributed by atoms with Gasteiger partial charge in [0.05, 0.1) is 0 Å². The first-order chi connectivity index (χ1) is 4.80. The minimum absolute atomic E-state index is 0. The quantitative estimate of drug-likeness (QED) is 0.638. The zero-order valence-electron chi connectivity index (χ0n) is 7.30. The van der Waals surface area contributed by atoms with Crippen LogP contribution < -0.4 is 0 Å². The van der Waals surface area contributed by atoms with E-state index in [9.17, 15) is 0 Å². The molecular weight excluding hydrogens is 315 g/mol. The fourth-order valence-corrected chi connectivity index (χ4v) is 1.25. The summed E-state index contributed by atoms with van der Waals surface area (Å²) in [4.78, 5) is 0. The molecule has 0 saturated carbocycles. The van der Waals surface area contributed by atoms with Crippen molar-refractivity contribution in [1.82, 2.24) is 0 Å². The van der Waals surface area contributed by atoms with Crippen LogP contribution in [-0.2, 0) is 21.1 Å². The minimum atomic E-state index is 0. The molecule has 0 N–H and O–H groups in total. The van der Waals surface area contributed by atoms with Gasteiger partial charge in [0.25, 0.3) is 0 Å². The summed E-state index contributed by atoms with van der Waals surface area (Å²) in [6, 6.07) is 0. The Labute approximate surface area is 84.0 Å². The van der Waals surface area contributed by atoms with Crippen molar-refractivity contribution in [3.05, 3.63) is 23.3 Å². The molecule has 0 unspecified atom stereocenters. The average molecular weight is 331 g/mol. The molecule has 0 aromatic rings. The van der Waals surface area contributed by atoms with Crippen molar-refractivity contribution in [1.29, 1.82) is 0 Å². The van der Waals surface area contributed by atoms with Crippen LogP contribution in [-0.4, -0.2) is 0 Å². The molecule has 0 saturated heterocycles. The minimum Gasteiger partial charge on any atom is -0.0843 e. The molecule has 1 aliphatic rings. The van der Waals surface area contributed by atoms with Gasteiger partial charge in [0, 0.05) is 0 Å². The third kappa shape index (κ3) is 3.91. The average Bonchev–Trinajstić information content (AvgIpc) is 1.92. The van der Waals surface area contributed by atoms with E-state index < -0.39 is 0 Å². The third-order valence-corrected chi connectivity index (χ3v) is 2.21. The van der Waals surface area contributed by atoms with Crippen molar-refractivity contribution in [3.63, 3.8) is 0 Å². The molecule has 0 atom stereocenters. The molecule has 0 fully saturated rings. The first-order valence-electron chi connectivity index (χ1n) is 4.13. The van der Waals surface area contributed by atoms with Crippen molar-refractivity contribution >= 4 is 0 Å². The Kier molecular flexibility index (Phi) is 5.86. The zero-order valence-corrected chi connectivity index (χ0v) is 9.57. The summed E-state index contributed by atoms with van der Waals surface area (Å²) in [5, 5.41) is 0. The Morgan fingerprint density at radius 1 is 1.18 bits per heavy atom. The molecule has 1 rings (SSSR count). The Morgan fingerprint density at radius 3 is 2.64 bits per heavy atom. The van der Waals surface area contributed by atoms with Crippen LogP contribution in [0.5, 0.6) is 0 Å². The van der Waals surface area contributed by atoms with E-state index in [1.807, 2.05) is 0 Å². The largest absolute Gasteiger partial charge is 2.00 e. The second-order valence-electron chi connectivity index (χ2n) is 3.11. The van der Waals surface area contributed by atoms with Crippen molar-refractivity contribution in [2.75, 3.05) is 0 Å². The summed E-state index contributed by atoms with van der Waals surface area (Å²) in [7, 11) is 0. The Balaban J connectivity index is 0.000001000. The molecule has 0 bridgehead atoms. The van der Waals surface area contributed by atoms with Gasteiger partial charge < -0.3 is 0 Å². The maximum atomic E-state index is 2.29. The van der Waals surface area contributed by atoms with Crippen LogP contribution in [0, 0.1) is 0 Å². The van der Waals surface area contributed by atoms with Gasteiger partial charge in [-0.2, -0.15) is 0 Å². The van der Waals surface area contributed by atoms with E-state index >= 15 is 0 Å². The van der Waals surface area contributed by atoms with Crippen molar-refractivity contribution in [3.8, 4) is 0 Å². The summed E-state index contributed by atoms with van der Waals surface area (Å²) in [6.07, 6.45) is 9.85. The summed E-state index contributed by atoms with van der Waals surface area (Å²) < 4.78 is 0. The molecule has 0 aromatic heterocycles. The summed E-state index contributed by atoms with van der Waals surface area (Å²) in [5.74, 6) is 0. The van der Waals surface area contributed by atoms with Crippen LogP contribution in [0.4, 0.5) is 0 Å². The van der Waals surface area contributed by atoms with E-state index in [0.717, 1.165) is 0 Å². The number of allylic oxidation sites excluding steroid dienone is 4. The summed E-state index contributed by atoms with van der Waals surface area (Å²) in [5.41, 5.74) is 3.04.